The Balaban J connectivity index is 1.40. The predicted molar refractivity (Wildman–Crippen MR) is 113 cm³/mol. The van der Waals surface area contributed by atoms with Crippen LogP contribution in [0.1, 0.15) is 22.5 Å². The van der Waals surface area contributed by atoms with Crippen LogP contribution in [0, 0.1) is 0 Å². The number of carbonyl (C=O) groups excluding carboxylic acids is 2. The molecule has 0 atom stereocenters. The van der Waals surface area contributed by atoms with Crippen LogP contribution in [0.3, 0.4) is 0 Å². The number of rotatable bonds is 5. The molecule has 0 saturated carbocycles. The second-order valence-electron chi connectivity index (χ2n) is 6.69. The number of hydrogen-bond acceptors (Lipinski definition) is 6. The largest absolute Gasteiger partial charge is 0.497 e. The highest BCUT2D eigenvalue weighted by Gasteiger charge is 2.32. The summed E-state index contributed by atoms with van der Waals surface area (Å²) in [5, 5.41) is 8.23. The second kappa shape index (κ2) is 8.91. The topological polar surface area (TPSA) is 87.7 Å². The van der Waals surface area contributed by atoms with E-state index in [0.717, 1.165) is 28.3 Å². The Hall–Kier alpha value is -3.46. The van der Waals surface area contributed by atoms with Crippen molar-refractivity contribution in [1.82, 2.24) is 25.3 Å². The van der Waals surface area contributed by atoms with Gasteiger partial charge in [-0.05, 0) is 36.2 Å². The Morgan fingerprint density at radius 1 is 1.17 bits per heavy atom. The van der Waals surface area contributed by atoms with E-state index in [1.54, 1.807) is 24.9 Å². The minimum atomic E-state index is -0.306. The molecule has 4 rings (SSSR count). The number of nitrogens with one attached hydrogen (secondary N) is 1. The van der Waals surface area contributed by atoms with Crippen LogP contribution >= 0.6 is 11.3 Å². The van der Waals surface area contributed by atoms with Crippen LogP contribution in [0.25, 0.3) is 10.6 Å². The molecule has 1 fully saturated rings. The zero-order chi connectivity index (χ0) is 20.9. The number of methoxy groups -OCH3 is 1. The van der Waals surface area contributed by atoms with Crippen molar-refractivity contribution in [1.29, 1.82) is 0 Å². The van der Waals surface area contributed by atoms with Crippen molar-refractivity contribution in [2.45, 2.75) is 13.0 Å². The lowest BCUT2D eigenvalue weighted by Crippen LogP contribution is -2.49. The van der Waals surface area contributed by atoms with Crippen LogP contribution < -0.4 is 10.1 Å². The van der Waals surface area contributed by atoms with Crippen molar-refractivity contribution in [3.05, 3.63) is 65.4 Å². The molecular formula is C21H21N5O3S. The number of hydrogen-bond donors (Lipinski definition) is 1. The van der Waals surface area contributed by atoms with Gasteiger partial charge in [0.2, 0.25) is 0 Å². The lowest BCUT2D eigenvalue weighted by molar-refractivity contribution is 0.0371. The van der Waals surface area contributed by atoms with E-state index in [0.29, 0.717) is 25.3 Å². The Bertz CT molecular complexity index is 1020. The molecule has 154 valence electrons. The highest BCUT2D eigenvalue weighted by molar-refractivity contribution is 7.13. The molecular weight excluding hydrogens is 402 g/mol. The first-order valence-corrected chi connectivity index (χ1v) is 10.4. The summed E-state index contributed by atoms with van der Waals surface area (Å²) in [4.78, 5) is 34.2. The van der Waals surface area contributed by atoms with Crippen LogP contribution in [0.15, 0.2) is 54.2 Å². The quantitative estimate of drug-likeness (QED) is 0.681. The lowest BCUT2D eigenvalue weighted by atomic mass is 10.2. The molecule has 0 radical (unpaired) electrons. The number of amides is 3. The molecule has 3 heterocycles. The number of thiazole rings is 1. The average Bonchev–Trinajstić information content (AvgIpc) is 3.48. The van der Waals surface area contributed by atoms with E-state index in [9.17, 15) is 9.59 Å². The number of urea groups is 1. The Morgan fingerprint density at radius 3 is 2.70 bits per heavy atom. The van der Waals surface area contributed by atoms with Crippen molar-refractivity contribution in [2.24, 2.45) is 0 Å². The van der Waals surface area contributed by atoms with Crippen LogP contribution in [0.2, 0.25) is 0 Å². The molecule has 1 saturated heterocycles. The maximum Gasteiger partial charge on any atom is 0.336 e. The number of hydrazine groups is 1. The fourth-order valence-electron chi connectivity index (χ4n) is 3.17. The number of ether oxygens (including phenoxy) is 1. The van der Waals surface area contributed by atoms with Gasteiger partial charge in [-0.1, -0.05) is 12.1 Å². The standard InChI is InChI=1S/C21H21N5O3S/c1-29-17-7-5-15(6-8-17)12-23-21(28)26-11-3-10-25(26)20(27)18-14-30-19(24-18)16-4-2-9-22-13-16/h2,4-9,13-14H,3,10-12H2,1H3,(H,23,28). The minimum absolute atomic E-state index is 0.279. The molecule has 1 aromatic carbocycles. The molecule has 30 heavy (non-hydrogen) atoms. The maximum atomic E-state index is 13.0. The van der Waals surface area contributed by atoms with E-state index in [1.165, 1.54) is 21.4 Å². The summed E-state index contributed by atoms with van der Waals surface area (Å²) < 4.78 is 5.14. The summed E-state index contributed by atoms with van der Waals surface area (Å²) in [7, 11) is 1.61. The van der Waals surface area contributed by atoms with Gasteiger partial charge in [-0.25, -0.2) is 19.8 Å². The first-order valence-electron chi connectivity index (χ1n) is 9.51. The van der Waals surface area contributed by atoms with Crippen molar-refractivity contribution in [3.8, 4) is 16.3 Å². The molecule has 0 bridgehead atoms. The summed E-state index contributed by atoms with van der Waals surface area (Å²) in [6, 6.07) is 10.9. The van der Waals surface area contributed by atoms with Crippen LogP contribution in [-0.4, -0.2) is 52.1 Å². The third-order valence-corrected chi connectivity index (χ3v) is 5.63. The minimum Gasteiger partial charge on any atom is -0.497 e. The van der Waals surface area contributed by atoms with Gasteiger partial charge in [0.15, 0.2) is 0 Å². The summed E-state index contributed by atoms with van der Waals surface area (Å²) in [6.45, 7) is 1.33. The number of carbonyl (C=O) groups is 2. The number of pyridine rings is 1. The van der Waals surface area contributed by atoms with E-state index >= 15 is 0 Å². The number of aromatic nitrogens is 2. The Kier molecular flexibility index (Phi) is 5.89. The van der Waals surface area contributed by atoms with E-state index < -0.39 is 0 Å². The summed E-state index contributed by atoms with van der Waals surface area (Å²) in [5.41, 5.74) is 2.13. The normalized spacial score (nSPS) is 13.4. The Morgan fingerprint density at radius 2 is 1.97 bits per heavy atom. The zero-order valence-electron chi connectivity index (χ0n) is 16.4. The summed E-state index contributed by atoms with van der Waals surface area (Å²) >= 11 is 1.38. The molecule has 1 N–H and O–H groups in total. The molecule has 9 heteroatoms. The molecule has 0 unspecified atom stereocenters. The molecule has 2 aromatic heterocycles. The van der Waals surface area contributed by atoms with Crippen molar-refractivity contribution in [2.75, 3.05) is 20.2 Å². The van der Waals surface area contributed by atoms with Crippen LogP contribution in [0.4, 0.5) is 4.79 Å². The fourth-order valence-corrected chi connectivity index (χ4v) is 3.96. The van der Waals surface area contributed by atoms with Gasteiger partial charge >= 0.3 is 6.03 Å². The molecule has 3 aromatic rings. The molecule has 1 aliphatic rings. The number of benzene rings is 1. The Labute approximate surface area is 178 Å². The van der Waals surface area contributed by atoms with Crippen LogP contribution in [-0.2, 0) is 6.54 Å². The predicted octanol–water partition coefficient (Wildman–Crippen LogP) is 3.19. The molecule has 3 amide bonds. The second-order valence-corrected chi connectivity index (χ2v) is 7.55. The zero-order valence-corrected chi connectivity index (χ0v) is 17.3. The van der Waals surface area contributed by atoms with Gasteiger partial charge in [-0.3, -0.25) is 9.78 Å². The van der Waals surface area contributed by atoms with E-state index in [1.807, 2.05) is 36.4 Å². The smallest absolute Gasteiger partial charge is 0.336 e. The van der Waals surface area contributed by atoms with Crippen molar-refractivity contribution >= 4 is 23.3 Å². The third-order valence-electron chi connectivity index (χ3n) is 4.73. The molecule has 0 aliphatic carbocycles. The first kappa shape index (κ1) is 19.8. The summed E-state index contributed by atoms with van der Waals surface area (Å²) in [5.74, 6) is 0.480. The van der Waals surface area contributed by atoms with Crippen molar-refractivity contribution < 1.29 is 14.3 Å². The van der Waals surface area contributed by atoms with Crippen LogP contribution in [0.5, 0.6) is 5.75 Å². The van der Waals surface area contributed by atoms with Crippen molar-refractivity contribution in [3.63, 3.8) is 0 Å². The van der Waals surface area contributed by atoms with Gasteiger partial charge in [-0.2, -0.15) is 0 Å². The fraction of sp³-hybridized carbons (Fsp3) is 0.238. The van der Waals surface area contributed by atoms with Gasteiger partial charge in [0, 0.05) is 43.0 Å². The number of nitrogens with zero attached hydrogens (tertiary/aromatic N) is 4. The third kappa shape index (κ3) is 4.25. The molecule has 1 aliphatic heterocycles. The average molecular weight is 423 g/mol. The SMILES string of the molecule is COc1ccc(CNC(=O)N2CCCN2C(=O)c2csc(-c3cccnc3)n2)cc1. The summed E-state index contributed by atoms with van der Waals surface area (Å²) in [6.07, 6.45) is 4.12. The lowest BCUT2D eigenvalue weighted by Gasteiger charge is -2.27. The van der Waals surface area contributed by atoms with E-state index in [-0.39, 0.29) is 11.9 Å². The van der Waals surface area contributed by atoms with E-state index in [2.05, 4.69) is 15.3 Å². The highest BCUT2D eigenvalue weighted by atomic mass is 32.1. The van der Waals surface area contributed by atoms with Gasteiger partial charge < -0.3 is 10.1 Å². The monoisotopic (exact) mass is 423 g/mol. The van der Waals surface area contributed by atoms with E-state index in [4.69, 9.17) is 4.74 Å². The van der Waals surface area contributed by atoms with Gasteiger partial charge in [0.1, 0.15) is 16.5 Å². The molecule has 8 nitrogen and oxygen atoms in total. The van der Waals surface area contributed by atoms with Gasteiger partial charge in [-0.15, -0.1) is 11.3 Å². The maximum absolute atomic E-state index is 13.0. The molecule has 0 spiro atoms. The first-order chi connectivity index (χ1) is 14.7. The highest BCUT2D eigenvalue weighted by Crippen LogP contribution is 2.24. The van der Waals surface area contributed by atoms with Gasteiger partial charge in [0.05, 0.1) is 7.11 Å². The van der Waals surface area contributed by atoms with Gasteiger partial charge in [0.25, 0.3) is 5.91 Å².